The maximum absolute atomic E-state index is 12.4. The fourth-order valence-electron chi connectivity index (χ4n) is 2.70. The standard InChI is InChI=1S/C12H20N4O4S/c1-15-7-10(11(17)16(2)12(15)18)21(19,20)14-9-5-3-4-8(9)6-13/h7-9,14H,3-6,13H2,1-2H3. The third kappa shape index (κ3) is 2.94. The zero-order valence-corrected chi connectivity index (χ0v) is 12.9. The molecule has 0 amide bonds. The van der Waals surface area contributed by atoms with Crippen molar-refractivity contribution < 1.29 is 8.42 Å². The lowest BCUT2D eigenvalue weighted by Gasteiger charge is -2.19. The number of aromatic nitrogens is 2. The summed E-state index contributed by atoms with van der Waals surface area (Å²) in [5.74, 6) is 0.0798. The highest BCUT2D eigenvalue weighted by atomic mass is 32.2. The smallest absolute Gasteiger partial charge is 0.330 e. The highest BCUT2D eigenvalue weighted by Crippen LogP contribution is 2.25. The van der Waals surface area contributed by atoms with Crippen molar-refractivity contribution in [3.8, 4) is 0 Å². The van der Waals surface area contributed by atoms with E-state index in [4.69, 9.17) is 5.73 Å². The van der Waals surface area contributed by atoms with E-state index in [1.54, 1.807) is 0 Å². The van der Waals surface area contributed by atoms with Gasteiger partial charge >= 0.3 is 5.69 Å². The zero-order valence-electron chi connectivity index (χ0n) is 12.1. The molecule has 0 aromatic carbocycles. The summed E-state index contributed by atoms with van der Waals surface area (Å²) >= 11 is 0. The lowest BCUT2D eigenvalue weighted by atomic mass is 10.1. The number of aryl methyl sites for hydroxylation is 1. The summed E-state index contributed by atoms with van der Waals surface area (Å²) < 4.78 is 29.2. The molecule has 0 saturated heterocycles. The first kappa shape index (κ1) is 15.9. The van der Waals surface area contributed by atoms with Crippen molar-refractivity contribution in [1.29, 1.82) is 0 Å². The monoisotopic (exact) mass is 316 g/mol. The van der Waals surface area contributed by atoms with Gasteiger partial charge in [-0.15, -0.1) is 0 Å². The van der Waals surface area contributed by atoms with E-state index in [1.807, 2.05) is 0 Å². The fraction of sp³-hybridized carbons (Fsp3) is 0.667. The molecular weight excluding hydrogens is 296 g/mol. The molecule has 0 spiro atoms. The van der Waals surface area contributed by atoms with E-state index in [9.17, 15) is 18.0 Å². The van der Waals surface area contributed by atoms with E-state index in [-0.39, 0.29) is 12.0 Å². The summed E-state index contributed by atoms with van der Waals surface area (Å²) in [6.45, 7) is 0.401. The van der Waals surface area contributed by atoms with E-state index >= 15 is 0 Å². The molecule has 9 heteroatoms. The molecular formula is C12H20N4O4S. The van der Waals surface area contributed by atoms with Crippen LogP contribution in [-0.2, 0) is 24.1 Å². The molecule has 0 aliphatic heterocycles. The Bertz CT molecular complexity index is 750. The second kappa shape index (κ2) is 5.74. The van der Waals surface area contributed by atoms with Gasteiger partial charge < -0.3 is 10.3 Å². The van der Waals surface area contributed by atoms with Crippen molar-refractivity contribution in [2.75, 3.05) is 6.54 Å². The normalized spacial score (nSPS) is 22.6. The van der Waals surface area contributed by atoms with Gasteiger partial charge in [0.05, 0.1) is 0 Å². The number of nitrogens with zero attached hydrogens (tertiary/aromatic N) is 2. The molecule has 1 heterocycles. The molecule has 1 saturated carbocycles. The molecule has 2 unspecified atom stereocenters. The highest BCUT2D eigenvalue weighted by Gasteiger charge is 2.32. The molecule has 21 heavy (non-hydrogen) atoms. The van der Waals surface area contributed by atoms with Crippen LogP contribution in [0.4, 0.5) is 0 Å². The second-order valence-electron chi connectivity index (χ2n) is 5.41. The van der Waals surface area contributed by atoms with Gasteiger partial charge in [0.25, 0.3) is 5.56 Å². The van der Waals surface area contributed by atoms with Crippen molar-refractivity contribution in [2.24, 2.45) is 25.7 Å². The van der Waals surface area contributed by atoms with Gasteiger partial charge in [-0.25, -0.2) is 17.9 Å². The van der Waals surface area contributed by atoms with Crippen LogP contribution in [0.15, 0.2) is 20.7 Å². The molecule has 1 aromatic rings. The van der Waals surface area contributed by atoms with E-state index < -0.39 is 26.2 Å². The minimum Gasteiger partial charge on any atom is -0.330 e. The first-order valence-corrected chi connectivity index (χ1v) is 8.25. The molecule has 8 nitrogen and oxygen atoms in total. The SMILES string of the molecule is Cn1cc(S(=O)(=O)NC2CCCC2CN)c(=O)n(C)c1=O. The summed E-state index contributed by atoms with van der Waals surface area (Å²) in [7, 11) is -1.32. The van der Waals surface area contributed by atoms with Gasteiger partial charge in [-0.1, -0.05) is 6.42 Å². The lowest BCUT2D eigenvalue weighted by molar-refractivity contribution is 0.451. The van der Waals surface area contributed by atoms with Gasteiger partial charge in [0.15, 0.2) is 4.90 Å². The average molecular weight is 316 g/mol. The molecule has 1 aliphatic rings. The molecule has 0 bridgehead atoms. The van der Waals surface area contributed by atoms with E-state index in [0.29, 0.717) is 13.0 Å². The Kier molecular flexibility index (Phi) is 4.35. The van der Waals surface area contributed by atoms with Crippen molar-refractivity contribution in [1.82, 2.24) is 13.9 Å². The molecule has 2 rings (SSSR count). The predicted molar refractivity (Wildman–Crippen MR) is 77.4 cm³/mol. The number of hydrogen-bond donors (Lipinski definition) is 2. The van der Waals surface area contributed by atoms with Crippen molar-refractivity contribution in [3.63, 3.8) is 0 Å². The van der Waals surface area contributed by atoms with Crippen LogP contribution >= 0.6 is 0 Å². The Hall–Kier alpha value is -1.45. The summed E-state index contributed by atoms with van der Waals surface area (Å²) in [5.41, 5.74) is 4.24. The van der Waals surface area contributed by atoms with Crippen LogP contribution in [0, 0.1) is 5.92 Å². The summed E-state index contributed by atoms with van der Waals surface area (Å²) in [6.07, 6.45) is 3.53. The van der Waals surface area contributed by atoms with Crippen LogP contribution in [0.5, 0.6) is 0 Å². The summed E-state index contributed by atoms with van der Waals surface area (Å²) in [6, 6.07) is -0.262. The van der Waals surface area contributed by atoms with Crippen LogP contribution in [-0.4, -0.2) is 30.1 Å². The molecule has 1 fully saturated rings. The first-order valence-electron chi connectivity index (χ1n) is 6.77. The second-order valence-corrected chi connectivity index (χ2v) is 7.09. The number of sulfonamides is 1. The molecule has 3 N–H and O–H groups in total. The van der Waals surface area contributed by atoms with Crippen molar-refractivity contribution in [2.45, 2.75) is 30.2 Å². The van der Waals surface area contributed by atoms with E-state index in [1.165, 1.54) is 14.1 Å². The average Bonchev–Trinajstić information content (AvgIpc) is 2.86. The van der Waals surface area contributed by atoms with Crippen LogP contribution in [0.2, 0.25) is 0 Å². The van der Waals surface area contributed by atoms with E-state index in [2.05, 4.69) is 4.72 Å². The third-order valence-corrected chi connectivity index (χ3v) is 5.44. The first-order chi connectivity index (χ1) is 9.77. The Morgan fingerprint density at radius 1 is 1.33 bits per heavy atom. The number of nitrogens with two attached hydrogens (primary N) is 1. The van der Waals surface area contributed by atoms with Crippen LogP contribution < -0.4 is 21.7 Å². The Morgan fingerprint density at radius 2 is 2.00 bits per heavy atom. The maximum Gasteiger partial charge on any atom is 0.330 e. The topological polar surface area (TPSA) is 116 Å². The van der Waals surface area contributed by atoms with Gasteiger partial charge in [-0.2, -0.15) is 0 Å². The van der Waals surface area contributed by atoms with Gasteiger partial charge in [-0.3, -0.25) is 9.36 Å². The maximum atomic E-state index is 12.4. The number of hydrogen-bond acceptors (Lipinski definition) is 5. The molecule has 2 atom stereocenters. The minimum absolute atomic E-state index is 0.0798. The molecule has 0 radical (unpaired) electrons. The van der Waals surface area contributed by atoms with Crippen LogP contribution in [0.25, 0.3) is 0 Å². The van der Waals surface area contributed by atoms with Crippen molar-refractivity contribution >= 4 is 10.0 Å². The van der Waals surface area contributed by atoms with Crippen LogP contribution in [0.1, 0.15) is 19.3 Å². The molecule has 1 aromatic heterocycles. The Labute approximate surface area is 122 Å². The van der Waals surface area contributed by atoms with Gasteiger partial charge in [0.2, 0.25) is 10.0 Å². The van der Waals surface area contributed by atoms with Gasteiger partial charge in [0, 0.05) is 26.3 Å². The number of rotatable bonds is 4. The van der Waals surface area contributed by atoms with Gasteiger partial charge in [0.1, 0.15) is 0 Å². The van der Waals surface area contributed by atoms with Gasteiger partial charge in [-0.05, 0) is 25.3 Å². The molecule has 1 aliphatic carbocycles. The fourth-order valence-corrected chi connectivity index (χ4v) is 4.20. The molecule has 118 valence electrons. The Balaban J connectivity index is 2.41. The van der Waals surface area contributed by atoms with Crippen LogP contribution in [0.3, 0.4) is 0 Å². The largest absolute Gasteiger partial charge is 0.330 e. The van der Waals surface area contributed by atoms with E-state index in [0.717, 1.165) is 28.2 Å². The quantitative estimate of drug-likeness (QED) is 0.700. The number of nitrogens with one attached hydrogen (secondary N) is 1. The zero-order chi connectivity index (χ0) is 15.8. The lowest BCUT2D eigenvalue weighted by Crippen LogP contribution is -2.45. The highest BCUT2D eigenvalue weighted by molar-refractivity contribution is 7.89. The summed E-state index contributed by atoms with van der Waals surface area (Å²) in [5, 5.41) is 0. The predicted octanol–water partition coefficient (Wildman–Crippen LogP) is -1.51. The minimum atomic E-state index is -3.98. The summed E-state index contributed by atoms with van der Waals surface area (Å²) in [4.78, 5) is 23.2. The van der Waals surface area contributed by atoms with Crippen molar-refractivity contribution in [3.05, 3.63) is 27.0 Å². The third-order valence-electron chi connectivity index (χ3n) is 3.97. The Morgan fingerprint density at radius 3 is 2.62 bits per heavy atom.